The molecule has 114 valence electrons. The van der Waals surface area contributed by atoms with Crippen LogP contribution in [0, 0.1) is 6.92 Å². The van der Waals surface area contributed by atoms with Gasteiger partial charge < -0.3 is 14.9 Å². The number of imidazole rings is 1. The minimum absolute atomic E-state index is 0.589. The van der Waals surface area contributed by atoms with Crippen molar-refractivity contribution in [3.63, 3.8) is 0 Å². The molecule has 3 rings (SSSR count). The van der Waals surface area contributed by atoms with Gasteiger partial charge in [0.1, 0.15) is 0 Å². The fourth-order valence-electron chi connectivity index (χ4n) is 2.68. The predicted molar refractivity (Wildman–Crippen MR) is 89.3 cm³/mol. The summed E-state index contributed by atoms with van der Waals surface area (Å²) in [6.07, 6.45) is 2.80. The number of fused-ring (bicyclic) bond motifs is 1. The van der Waals surface area contributed by atoms with Crippen LogP contribution in [-0.4, -0.2) is 22.5 Å². The third-order valence-electron chi connectivity index (χ3n) is 3.72. The summed E-state index contributed by atoms with van der Waals surface area (Å²) in [4.78, 5) is 4.83. The fraction of sp³-hybridized carbons (Fsp3) is 0.278. The molecule has 4 heteroatoms. The molecule has 0 aliphatic heterocycles. The van der Waals surface area contributed by atoms with E-state index in [0.717, 1.165) is 34.8 Å². The molecule has 0 aliphatic carbocycles. The van der Waals surface area contributed by atoms with E-state index in [4.69, 9.17) is 15.5 Å². The van der Waals surface area contributed by atoms with Crippen LogP contribution in [0.4, 0.5) is 0 Å². The van der Waals surface area contributed by atoms with Gasteiger partial charge >= 0.3 is 0 Å². The highest BCUT2D eigenvalue weighted by molar-refractivity contribution is 5.69. The lowest BCUT2D eigenvalue weighted by atomic mass is 10.1. The Balaban J connectivity index is 2.22. The average Bonchev–Trinajstić information content (AvgIpc) is 2.89. The number of aryl methyl sites for hydroxylation is 1. The van der Waals surface area contributed by atoms with Crippen LogP contribution >= 0.6 is 0 Å². The van der Waals surface area contributed by atoms with Gasteiger partial charge in [0.05, 0.1) is 18.0 Å². The zero-order chi connectivity index (χ0) is 15.5. The molecular weight excluding hydrogens is 274 g/mol. The number of nitrogens with two attached hydrogens (primary N) is 1. The maximum Gasteiger partial charge on any atom is 0.180 e. The van der Waals surface area contributed by atoms with Crippen LogP contribution in [0.1, 0.15) is 18.2 Å². The Hall–Kier alpha value is -2.33. The molecule has 1 aromatic carbocycles. The Morgan fingerprint density at radius 2 is 1.95 bits per heavy atom. The van der Waals surface area contributed by atoms with E-state index in [2.05, 4.69) is 35.6 Å². The van der Waals surface area contributed by atoms with Gasteiger partial charge in [-0.3, -0.25) is 0 Å². The van der Waals surface area contributed by atoms with Crippen molar-refractivity contribution in [3.8, 4) is 17.0 Å². The number of rotatable bonds is 5. The van der Waals surface area contributed by atoms with Gasteiger partial charge in [-0.25, -0.2) is 4.98 Å². The lowest BCUT2D eigenvalue weighted by molar-refractivity contribution is 0.342. The van der Waals surface area contributed by atoms with Gasteiger partial charge in [-0.2, -0.15) is 0 Å². The second-order valence-electron chi connectivity index (χ2n) is 5.31. The van der Waals surface area contributed by atoms with Crippen molar-refractivity contribution >= 4 is 5.65 Å². The van der Waals surface area contributed by atoms with Crippen LogP contribution in [0.25, 0.3) is 16.9 Å². The van der Waals surface area contributed by atoms with Gasteiger partial charge in [-0.15, -0.1) is 0 Å². The molecule has 0 saturated carbocycles. The highest BCUT2D eigenvalue weighted by atomic mass is 16.5. The summed E-state index contributed by atoms with van der Waals surface area (Å²) in [6, 6.07) is 12.4. The monoisotopic (exact) mass is 295 g/mol. The Morgan fingerprint density at radius 1 is 1.18 bits per heavy atom. The molecule has 0 amide bonds. The molecule has 0 fully saturated rings. The van der Waals surface area contributed by atoms with E-state index in [1.54, 1.807) is 0 Å². The maximum atomic E-state index is 5.81. The van der Waals surface area contributed by atoms with E-state index < -0.39 is 0 Å². The highest BCUT2D eigenvalue weighted by Gasteiger charge is 2.16. The number of nitrogens with zero attached hydrogens (tertiary/aromatic N) is 2. The first-order chi connectivity index (χ1) is 10.7. The SMILES string of the molecule is CCOc1cccn2c(CCN)c(-c3ccc(C)cc3)nc12. The van der Waals surface area contributed by atoms with Crippen molar-refractivity contribution in [2.24, 2.45) is 5.73 Å². The van der Waals surface area contributed by atoms with Crippen molar-refractivity contribution in [2.45, 2.75) is 20.3 Å². The van der Waals surface area contributed by atoms with E-state index in [0.29, 0.717) is 13.2 Å². The molecule has 2 N–H and O–H groups in total. The van der Waals surface area contributed by atoms with Crippen LogP contribution in [0.5, 0.6) is 5.75 Å². The van der Waals surface area contributed by atoms with Gasteiger partial charge in [-0.1, -0.05) is 29.8 Å². The largest absolute Gasteiger partial charge is 0.490 e. The molecule has 0 aliphatic rings. The van der Waals surface area contributed by atoms with E-state index in [1.807, 2.05) is 25.3 Å². The van der Waals surface area contributed by atoms with Crippen LogP contribution < -0.4 is 10.5 Å². The number of hydrogen-bond donors (Lipinski definition) is 1. The predicted octanol–water partition coefficient (Wildman–Crippen LogP) is 3.21. The number of pyridine rings is 1. The van der Waals surface area contributed by atoms with Gasteiger partial charge in [0.2, 0.25) is 0 Å². The van der Waals surface area contributed by atoms with Crippen LogP contribution in [0.2, 0.25) is 0 Å². The first-order valence-corrected chi connectivity index (χ1v) is 7.64. The Morgan fingerprint density at radius 3 is 2.64 bits per heavy atom. The maximum absolute atomic E-state index is 5.81. The Bertz CT molecular complexity index is 775. The molecule has 0 spiro atoms. The van der Waals surface area contributed by atoms with Crippen molar-refractivity contribution in [3.05, 3.63) is 53.9 Å². The summed E-state index contributed by atoms with van der Waals surface area (Å²) in [6.45, 7) is 5.28. The summed E-state index contributed by atoms with van der Waals surface area (Å²) in [5.74, 6) is 0.807. The van der Waals surface area contributed by atoms with Gasteiger partial charge in [0.15, 0.2) is 11.4 Å². The summed E-state index contributed by atoms with van der Waals surface area (Å²) < 4.78 is 7.80. The molecule has 0 unspecified atom stereocenters. The van der Waals surface area contributed by atoms with Gasteiger partial charge in [0.25, 0.3) is 0 Å². The zero-order valence-corrected chi connectivity index (χ0v) is 13.0. The summed E-state index contributed by atoms with van der Waals surface area (Å²) in [7, 11) is 0. The third-order valence-corrected chi connectivity index (χ3v) is 3.72. The minimum Gasteiger partial charge on any atom is -0.490 e. The quantitative estimate of drug-likeness (QED) is 0.786. The highest BCUT2D eigenvalue weighted by Crippen LogP contribution is 2.29. The molecule has 3 aromatic rings. The lowest BCUT2D eigenvalue weighted by Gasteiger charge is -2.06. The molecule has 0 atom stereocenters. The third kappa shape index (κ3) is 2.57. The molecule has 0 radical (unpaired) electrons. The van der Waals surface area contributed by atoms with Crippen molar-refractivity contribution in [1.29, 1.82) is 0 Å². The second kappa shape index (κ2) is 6.20. The number of benzene rings is 1. The standard InChI is InChI=1S/C18H21N3O/c1-3-22-16-5-4-12-21-15(10-11-19)17(20-18(16)21)14-8-6-13(2)7-9-14/h4-9,12H,3,10-11,19H2,1-2H3. The van der Waals surface area contributed by atoms with E-state index in [1.165, 1.54) is 5.56 Å². The van der Waals surface area contributed by atoms with Crippen LogP contribution in [-0.2, 0) is 6.42 Å². The first kappa shape index (κ1) is 14.6. The molecule has 0 bridgehead atoms. The topological polar surface area (TPSA) is 52.5 Å². The van der Waals surface area contributed by atoms with Gasteiger partial charge in [-0.05, 0) is 32.5 Å². The summed E-state index contributed by atoms with van der Waals surface area (Å²) >= 11 is 0. The normalized spacial score (nSPS) is 11.0. The number of aromatic nitrogens is 2. The number of ether oxygens (including phenoxy) is 1. The Labute approximate surface area is 130 Å². The average molecular weight is 295 g/mol. The van der Waals surface area contributed by atoms with Crippen LogP contribution in [0.15, 0.2) is 42.6 Å². The molecule has 4 nitrogen and oxygen atoms in total. The smallest absolute Gasteiger partial charge is 0.180 e. The fourth-order valence-corrected chi connectivity index (χ4v) is 2.68. The van der Waals surface area contributed by atoms with Gasteiger partial charge in [0, 0.05) is 18.2 Å². The summed E-state index contributed by atoms with van der Waals surface area (Å²) in [5.41, 5.74) is 11.1. The lowest BCUT2D eigenvalue weighted by Crippen LogP contribution is -2.06. The summed E-state index contributed by atoms with van der Waals surface area (Å²) in [5, 5.41) is 0. The van der Waals surface area contributed by atoms with Crippen molar-refractivity contribution < 1.29 is 4.74 Å². The van der Waals surface area contributed by atoms with E-state index in [9.17, 15) is 0 Å². The van der Waals surface area contributed by atoms with E-state index >= 15 is 0 Å². The van der Waals surface area contributed by atoms with Crippen molar-refractivity contribution in [2.75, 3.05) is 13.2 Å². The zero-order valence-electron chi connectivity index (χ0n) is 13.0. The second-order valence-corrected chi connectivity index (χ2v) is 5.31. The first-order valence-electron chi connectivity index (χ1n) is 7.64. The minimum atomic E-state index is 0.589. The molecule has 0 saturated heterocycles. The number of hydrogen-bond acceptors (Lipinski definition) is 3. The molecular formula is C18H21N3O. The molecule has 2 aromatic heterocycles. The van der Waals surface area contributed by atoms with Crippen molar-refractivity contribution in [1.82, 2.24) is 9.38 Å². The van der Waals surface area contributed by atoms with E-state index in [-0.39, 0.29) is 0 Å². The Kier molecular flexibility index (Phi) is 4.11. The molecule has 22 heavy (non-hydrogen) atoms. The molecule has 2 heterocycles. The van der Waals surface area contributed by atoms with Crippen LogP contribution in [0.3, 0.4) is 0 Å².